The van der Waals surface area contributed by atoms with E-state index >= 15 is 0 Å². The van der Waals surface area contributed by atoms with Gasteiger partial charge in [-0.25, -0.2) is 4.39 Å². The van der Waals surface area contributed by atoms with E-state index in [9.17, 15) is 9.18 Å². The molecular weight excluding hydrogens is 291 g/mol. The highest BCUT2D eigenvalue weighted by Crippen LogP contribution is 2.10. The van der Waals surface area contributed by atoms with Crippen LogP contribution in [0.1, 0.15) is 71.1 Å². The molecule has 0 fully saturated rings. The number of allylic oxidation sites excluding steroid dienone is 8. The molecule has 0 unspecified atom stereocenters. The average molecular weight is 322 g/mol. The summed E-state index contributed by atoms with van der Waals surface area (Å²) in [6.45, 7) is 2.21. The lowest BCUT2D eigenvalue weighted by molar-refractivity contribution is -0.137. The number of carboxylic acids is 1. The van der Waals surface area contributed by atoms with Gasteiger partial charge in [-0.05, 0) is 51.0 Å². The summed E-state index contributed by atoms with van der Waals surface area (Å²) in [7, 11) is 0. The second-order valence-corrected chi connectivity index (χ2v) is 5.52. The first-order valence-corrected chi connectivity index (χ1v) is 8.68. The molecule has 130 valence electrons. The minimum atomic E-state index is -0.875. The Hall–Kier alpha value is -1.64. The van der Waals surface area contributed by atoms with E-state index in [4.69, 9.17) is 5.11 Å². The van der Waals surface area contributed by atoms with Crippen molar-refractivity contribution < 1.29 is 14.3 Å². The van der Waals surface area contributed by atoms with Crippen molar-refractivity contribution in [2.24, 2.45) is 0 Å². The number of hydrogen-bond acceptors (Lipinski definition) is 1. The smallest absolute Gasteiger partial charge is 0.303 e. The lowest BCUT2D eigenvalue weighted by atomic mass is 10.2. The van der Waals surface area contributed by atoms with E-state index in [1.54, 1.807) is 0 Å². The van der Waals surface area contributed by atoms with Gasteiger partial charge in [0.15, 0.2) is 0 Å². The molecule has 3 heteroatoms. The van der Waals surface area contributed by atoms with Crippen molar-refractivity contribution in [2.75, 3.05) is 0 Å². The van der Waals surface area contributed by atoms with Crippen LogP contribution in [0.5, 0.6) is 0 Å². The molecule has 23 heavy (non-hydrogen) atoms. The van der Waals surface area contributed by atoms with E-state index in [-0.39, 0.29) is 18.7 Å². The lowest BCUT2D eigenvalue weighted by Gasteiger charge is -1.94. The van der Waals surface area contributed by atoms with Gasteiger partial charge in [-0.15, -0.1) is 0 Å². The minimum Gasteiger partial charge on any atom is -0.481 e. The molecule has 1 N–H and O–H groups in total. The molecule has 0 amide bonds. The molecule has 0 radical (unpaired) electrons. The van der Waals surface area contributed by atoms with E-state index in [2.05, 4.69) is 31.2 Å². The maximum Gasteiger partial charge on any atom is 0.303 e. The predicted octanol–water partition coefficient (Wildman–Crippen LogP) is 6.51. The second-order valence-electron chi connectivity index (χ2n) is 5.52. The molecular formula is C20H31FO2. The number of carbonyl (C=O) groups is 1. The van der Waals surface area contributed by atoms with Crippen LogP contribution in [0.25, 0.3) is 0 Å². The van der Waals surface area contributed by atoms with Gasteiger partial charge in [0.25, 0.3) is 0 Å². The topological polar surface area (TPSA) is 37.3 Å². The third-order valence-electron chi connectivity index (χ3n) is 3.30. The Labute approximate surface area is 140 Å². The van der Waals surface area contributed by atoms with E-state index < -0.39 is 5.97 Å². The molecule has 0 heterocycles. The number of aliphatic carboxylic acids is 1. The van der Waals surface area contributed by atoms with Crippen molar-refractivity contribution in [3.63, 3.8) is 0 Å². The first-order chi connectivity index (χ1) is 11.2. The highest BCUT2D eigenvalue weighted by molar-refractivity contribution is 5.66. The Balaban J connectivity index is 3.58. The molecule has 0 saturated heterocycles. The van der Waals surface area contributed by atoms with Crippen molar-refractivity contribution in [2.45, 2.75) is 71.1 Å². The Morgan fingerprint density at radius 1 is 0.870 bits per heavy atom. The van der Waals surface area contributed by atoms with Gasteiger partial charge in [0.2, 0.25) is 0 Å². The highest BCUT2D eigenvalue weighted by atomic mass is 19.1. The van der Waals surface area contributed by atoms with Crippen LogP contribution in [0, 0.1) is 0 Å². The Morgan fingerprint density at radius 3 is 2.09 bits per heavy atom. The first kappa shape index (κ1) is 21.4. The third kappa shape index (κ3) is 18.3. The van der Waals surface area contributed by atoms with E-state index in [0.29, 0.717) is 12.8 Å². The Morgan fingerprint density at radius 2 is 1.48 bits per heavy atom. The monoisotopic (exact) mass is 322 g/mol. The summed E-state index contributed by atoms with van der Waals surface area (Å²) >= 11 is 0. The van der Waals surface area contributed by atoms with Crippen molar-refractivity contribution in [1.29, 1.82) is 0 Å². The van der Waals surface area contributed by atoms with Gasteiger partial charge < -0.3 is 5.11 Å². The van der Waals surface area contributed by atoms with Crippen LogP contribution in [0.15, 0.2) is 48.4 Å². The molecule has 0 aromatic rings. The summed E-state index contributed by atoms with van der Waals surface area (Å²) < 4.78 is 13.3. The standard InChI is InChI=1S/C20H31FO2/c1-2-3-4-5-6-7-8-9-10-11-12-13-14-16-19(21)17-15-18-20(22)23/h6-7,9-10,12-13,16H,2-5,8,11,14-15,17-18H2,1H3,(H,22,23)/b7-6+,10-9+,13-12+,19-16-. The number of halogens is 1. The normalized spacial score (nSPS) is 12.9. The molecule has 0 aliphatic carbocycles. The molecule has 0 aliphatic heterocycles. The summed E-state index contributed by atoms with van der Waals surface area (Å²) in [5.41, 5.74) is 0. The minimum absolute atomic E-state index is 0.0228. The van der Waals surface area contributed by atoms with Crippen molar-refractivity contribution >= 4 is 5.97 Å². The molecule has 0 aliphatic rings. The van der Waals surface area contributed by atoms with E-state index in [1.807, 2.05) is 12.2 Å². The van der Waals surface area contributed by atoms with Gasteiger partial charge >= 0.3 is 5.97 Å². The molecule has 0 spiro atoms. The average Bonchev–Trinajstić information content (AvgIpc) is 2.51. The van der Waals surface area contributed by atoms with Crippen LogP contribution < -0.4 is 0 Å². The zero-order chi connectivity index (χ0) is 17.2. The fraction of sp³-hybridized carbons (Fsp3) is 0.550. The first-order valence-electron chi connectivity index (χ1n) is 8.68. The van der Waals surface area contributed by atoms with Gasteiger partial charge in [0, 0.05) is 6.42 Å². The molecule has 0 aromatic carbocycles. The maximum absolute atomic E-state index is 13.3. The quantitative estimate of drug-likeness (QED) is 0.292. The number of unbranched alkanes of at least 4 members (excludes halogenated alkanes) is 3. The van der Waals surface area contributed by atoms with Crippen LogP contribution in [-0.4, -0.2) is 11.1 Å². The van der Waals surface area contributed by atoms with Crippen LogP contribution in [0.4, 0.5) is 4.39 Å². The Kier molecular flexibility index (Phi) is 15.5. The SMILES string of the molecule is CCCCC/C=C/C/C=C/C/C=C/C/C=C(\F)CCCC(=O)O. The predicted molar refractivity (Wildman–Crippen MR) is 96.1 cm³/mol. The molecule has 0 rings (SSSR count). The van der Waals surface area contributed by atoms with E-state index in [1.165, 1.54) is 31.8 Å². The van der Waals surface area contributed by atoms with Crippen molar-refractivity contribution in [3.05, 3.63) is 48.4 Å². The zero-order valence-electron chi connectivity index (χ0n) is 14.3. The molecule has 0 bridgehead atoms. The zero-order valence-corrected chi connectivity index (χ0v) is 14.3. The fourth-order valence-corrected chi connectivity index (χ4v) is 1.97. The molecule has 0 saturated carbocycles. The van der Waals surface area contributed by atoms with Gasteiger partial charge in [-0.1, -0.05) is 56.2 Å². The summed E-state index contributed by atoms with van der Waals surface area (Å²) in [6.07, 6.45) is 22.2. The highest BCUT2D eigenvalue weighted by Gasteiger charge is 1.98. The van der Waals surface area contributed by atoms with Crippen LogP contribution >= 0.6 is 0 Å². The van der Waals surface area contributed by atoms with Gasteiger partial charge in [0.05, 0.1) is 5.83 Å². The number of hydrogen-bond donors (Lipinski definition) is 1. The molecule has 0 aromatic heterocycles. The summed E-state index contributed by atoms with van der Waals surface area (Å²) in [6, 6.07) is 0. The van der Waals surface area contributed by atoms with Gasteiger partial charge in [-0.3, -0.25) is 4.79 Å². The van der Waals surface area contributed by atoms with Crippen molar-refractivity contribution in [3.8, 4) is 0 Å². The number of rotatable bonds is 14. The lowest BCUT2D eigenvalue weighted by Crippen LogP contribution is -1.93. The van der Waals surface area contributed by atoms with Crippen molar-refractivity contribution in [1.82, 2.24) is 0 Å². The Bertz CT molecular complexity index is 406. The molecule has 2 nitrogen and oxygen atoms in total. The van der Waals surface area contributed by atoms with E-state index in [0.717, 1.165) is 12.8 Å². The van der Waals surface area contributed by atoms with Gasteiger partial charge in [0.1, 0.15) is 0 Å². The maximum atomic E-state index is 13.3. The summed E-state index contributed by atoms with van der Waals surface area (Å²) in [4.78, 5) is 10.3. The number of carboxylic acid groups (broad SMARTS) is 1. The second kappa shape index (κ2) is 16.7. The summed E-state index contributed by atoms with van der Waals surface area (Å²) in [5, 5.41) is 8.46. The summed E-state index contributed by atoms with van der Waals surface area (Å²) in [5.74, 6) is -1.10. The largest absolute Gasteiger partial charge is 0.481 e. The third-order valence-corrected chi connectivity index (χ3v) is 3.30. The van der Waals surface area contributed by atoms with Crippen LogP contribution in [-0.2, 0) is 4.79 Å². The van der Waals surface area contributed by atoms with Crippen LogP contribution in [0.3, 0.4) is 0 Å². The molecule has 0 atom stereocenters. The van der Waals surface area contributed by atoms with Gasteiger partial charge in [-0.2, -0.15) is 0 Å². The van der Waals surface area contributed by atoms with Crippen LogP contribution in [0.2, 0.25) is 0 Å². The fourth-order valence-electron chi connectivity index (χ4n) is 1.97.